The van der Waals surface area contributed by atoms with Crippen molar-refractivity contribution in [3.05, 3.63) is 34.9 Å². The van der Waals surface area contributed by atoms with Crippen LogP contribution in [-0.2, 0) is 4.74 Å². The van der Waals surface area contributed by atoms with Gasteiger partial charge in [-0.1, -0.05) is 57.3 Å². The molecule has 0 radical (unpaired) electrons. The van der Waals surface area contributed by atoms with Crippen LogP contribution in [0.15, 0.2) is 24.3 Å². The monoisotopic (exact) mass is 282 g/mol. The fraction of sp³-hybridized carbons (Fsp3) is 0.562. The van der Waals surface area contributed by atoms with Gasteiger partial charge in [-0.3, -0.25) is 0 Å². The third kappa shape index (κ3) is 5.23. The van der Waals surface area contributed by atoms with Crippen LogP contribution in [0.3, 0.4) is 0 Å². The van der Waals surface area contributed by atoms with Gasteiger partial charge in [0, 0.05) is 0 Å². The van der Waals surface area contributed by atoms with Crippen molar-refractivity contribution in [2.45, 2.75) is 52.6 Å². The first-order valence-corrected chi connectivity index (χ1v) is 7.41. The van der Waals surface area contributed by atoms with Crippen molar-refractivity contribution in [3.8, 4) is 0 Å². The van der Waals surface area contributed by atoms with E-state index in [-0.39, 0.29) is 12.1 Å². The van der Waals surface area contributed by atoms with Crippen molar-refractivity contribution in [2.75, 3.05) is 0 Å². The van der Waals surface area contributed by atoms with E-state index >= 15 is 0 Å². The van der Waals surface area contributed by atoms with E-state index in [1.807, 2.05) is 6.07 Å². The minimum absolute atomic E-state index is 0.0104. The summed E-state index contributed by atoms with van der Waals surface area (Å²) in [4.78, 5) is 12.1. The van der Waals surface area contributed by atoms with Crippen LogP contribution in [0.4, 0.5) is 0 Å². The van der Waals surface area contributed by atoms with Gasteiger partial charge < -0.3 is 4.74 Å². The second-order valence-corrected chi connectivity index (χ2v) is 5.45. The largest absolute Gasteiger partial charge is 0.459 e. The average Bonchev–Trinajstić information content (AvgIpc) is 2.39. The van der Waals surface area contributed by atoms with Crippen LogP contribution in [0.2, 0.25) is 5.02 Å². The predicted molar refractivity (Wildman–Crippen MR) is 79.6 cm³/mol. The fourth-order valence-electron chi connectivity index (χ4n) is 2.00. The average molecular weight is 283 g/mol. The third-order valence-electron chi connectivity index (χ3n) is 3.34. The molecule has 3 heteroatoms. The van der Waals surface area contributed by atoms with Crippen LogP contribution in [0.25, 0.3) is 0 Å². The van der Waals surface area contributed by atoms with Crippen molar-refractivity contribution in [1.82, 2.24) is 0 Å². The van der Waals surface area contributed by atoms with E-state index in [1.165, 1.54) is 0 Å². The molecule has 0 fully saturated rings. The van der Waals surface area contributed by atoms with E-state index in [0.717, 1.165) is 25.7 Å². The minimum Gasteiger partial charge on any atom is -0.459 e. The lowest BCUT2D eigenvalue weighted by Gasteiger charge is -2.20. The Morgan fingerprint density at radius 2 is 2.00 bits per heavy atom. The second-order valence-electron chi connectivity index (χ2n) is 5.04. The number of hydrogen-bond donors (Lipinski definition) is 0. The Balaban J connectivity index is 2.68. The number of ether oxygens (including phenoxy) is 1. The lowest BCUT2D eigenvalue weighted by Crippen LogP contribution is -2.21. The maximum Gasteiger partial charge on any atom is 0.339 e. The van der Waals surface area contributed by atoms with E-state index in [4.69, 9.17) is 16.3 Å². The molecule has 2 unspecified atom stereocenters. The maximum atomic E-state index is 12.1. The van der Waals surface area contributed by atoms with Gasteiger partial charge in [0.25, 0.3) is 0 Å². The molecule has 1 rings (SSSR count). The SMILES string of the molecule is CCCC(CC(C)CC)OC(=O)c1ccccc1Cl. The Morgan fingerprint density at radius 1 is 1.32 bits per heavy atom. The summed E-state index contributed by atoms with van der Waals surface area (Å²) in [6.07, 6.45) is 3.92. The van der Waals surface area contributed by atoms with Gasteiger partial charge >= 0.3 is 5.97 Å². The van der Waals surface area contributed by atoms with Gasteiger partial charge in [0.15, 0.2) is 0 Å². The topological polar surface area (TPSA) is 26.3 Å². The molecule has 2 nitrogen and oxygen atoms in total. The number of esters is 1. The van der Waals surface area contributed by atoms with E-state index in [1.54, 1.807) is 18.2 Å². The van der Waals surface area contributed by atoms with Gasteiger partial charge in [-0.2, -0.15) is 0 Å². The Labute approximate surface area is 121 Å². The van der Waals surface area contributed by atoms with Crippen molar-refractivity contribution in [3.63, 3.8) is 0 Å². The van der Waals surface area contributed by atoms with Crippen molar-refractivity contribution in [1.29, 1.82) is 0 Å². The molecule has 0 aliphatic heterocycles. The molecule has 19 heavy (non-hydrogen) atoms. The molecule has 0 spiro atoms. The van der Waals surface area contributed by atoms with Crippen LogP contribution in [-0.4, -0.2) is 12.1 Å². The molecule has 0 N–H and O–H groups in total. The Bertz CT molecular complexity index is 403. The summed E-state index contributed by atoms with van der Waals surface area (Å²) < 4.78 is 5.61. The zero-order valence-electron chi connectivity index (χ0n) is 12.0. The van der Waals surface area contributed by atoms with Gasteiger partial charge in [0.2, 0.25) is 0 Å². The van der Waals surface area contributed by atoms with Crippen molar-refractivity contribution in [2.24, 2.45) is 5.92 Å². The summed E-state index contributed by atoms with van der Waals surface area (Å²) in [5.41, 5.74) is 0.453. The van der Waals surface area contributed by atoms with Gasteiger partial charge in [-0.05, 0) is 30.9 Å². The second kappa shape index (κ2) is 8.21. The summed E-state index contributed by atoms with van der Waals surface area (Å²) in [5, 5.41) is 0.450. The molecule has 1 aromatic rings. The first-order valence-electron chi connectivity index (χ1n) is 7.03. The molecule has 2 atom stereocenters. The number of carbonyl (C=O) groups excluding carboxylic acids is 1. The quantitative estimate of drug-likeness (QED) is 0.650. The Kier molecular flexibility index (Phi) is 6.93. The van der Waals surface area contributed by atoms with E-state index in [9.17, 15) is 4.79 Å². The van der Waals surface area contributed by atoms with E-state index in [2.05, 4.69) is 20.8 Å². The standard InChI is InChI=1S/C16H23ClO2/c1-4-8-13(11-12(3)5-2)19-16(18)14-9-6-7-10-15(14)17/h6-7,9-10,12-13H,4-5,8,11H2,1-3H3. The molecule has 0 aromatic heterocycles. The normalized spacial score (nSPS) is 13.9. The zero-order valence-corrected chi connectivity index (χ0v) is 12.7. The van der Waals surface area contributed by atoms with Crippen LogP contribution in [0.1, 0.15) is 56.8 Å². The molecular formula is C16H23ClO2. The van der Waals surface area contributed by atoms with Gasteiger partial charge in [-0.15, -0.1) is 0 Å². The summed E-state index contributed by atoms with van der Waals surface area (Å²) >= 11 is 6.01. The number of benzene rings is 1. The number of halogens is 1. The predicted octanol–water partition coefficient (Wildman–Crippen LogP) is 5.10. The molecular weight excluding hydrogens is 260 g/mol. The number of carbonyl (C=O) groups is 1. The van der Waals surface area contributed by atoms with E-state index in [0.29, 0.717) is 16.5 Å². The highest BCUT2D eigenvalue weighted by Crippen LogP contribution is 2.21. The minimum atomic E-state index is -0.313. The fourth-order valence-corrected chi connectivity index (χ4v) is 2.22. The molecule has 0 saturated carbocycles. The highest BCUT2D eigenvalue weighted by atomic mass is 35.5. The molecule has 0 saturated heterocycles. The molecule has 0 heterocycles. The molecule has 106 valence electrons. The molecule has 1 aromatic carbocycles. The third-order valence-corrected chi connectivity index (χ3v) is 3.67. The molecule has 0 amide bonds. The zero-order chi connectivity index (χ0) is 14.3. The lowest BCUT2D eigenvalue weighted by molar-refractivity contribution is 0.0223. The molecule has 0 bridgehead atoms. The van der Waals surface area contributed by atoms with Crippen LogP contribution in [0, 0.1) is 5.92 Å². The van der Waals surface area contributed by atoms with Crippen LogP contribution >= 0.6 is 11.6 Å². The van der Waals surface area contributed by atoms with Gasteiger partial charge in [-0.25, -0.2) is 4.79 Å². The van der Waals surface area contributed by atoms with Crippen LogP contribution in [0.5, 0.6) is 0 Å². The van der Waals surface area contributed by atoms with E-state index < -0.39 is 0 Å². The smallest absolute Gasteiger partial charge is 0.339 e. The maximum absolute atomic E-state index is 12.1. The van der Waals surface area contributed by atoms with Gasteiger partial charge in [0.1, 0.15) is 6.10 Å². The number of rotatable bonds is 7. The molecule has 0 aliphatic rings. The number of hydrogen-bond acceptors (Lipinski definition) is 2. The Hall–Kier alpha value is -1.02. The first-order chi connectivity index (χ1) is 9.08. The highest BCUT2D eigenvalue weighted by Gasteiger charge is 2.19. The van der Waals surface area contributed by atoms with Crippen molar-refractivity contribution < 1.29 is 9.53 Å². The summed E-state index contributed by atoms with van der Waals surface area (Å²) in [6, 6.07) is 7.02. The summed E-state index contributed by atoms with van der Waals surface area (Å²) in [7, 11) is 0. The van der Waals surface area contributed by atoms with Gasteiger partial charge in [0.05, 0.1) is 10.6 Å². The van der Waals surface area contributed by atoms with Crippen molar-refractivity contribution >= 4 is 17.6 Å². The Morgan fingerprint density at radius 3 is 2.58 bits per heavy atom. The first kappa shape index (κ1) is 16.0. The lowest BCUT2D eigenvalue weighted by atomic mass is 9.98. The van der Waals surface area contributed by atoms with Crippen LogP contribution < -0.4 is 0 Å². The summed E-state index contributed by atoms with van der Waals surface area (Å²) in [6.45, 7) is 6.45. The molecule has 0 aliphatic carbocycles. The summed E-state index contributed by atoms with van der Waals surface area (Å²) in [5.74, 6) is 0.253. The highest BCUT2D eigenvalue weighted by molar-refractivity contribution is 6.33.